The zero-order valence-corrected chi connectivity index (χ0v) is 13.9. The molecule has 1 atom stereocenters. The Morgan fingerprint density at radius 3 is 2.38 bits per heavy atom. The summed E-state index contributed by atoms with van der Waals surface area (Å²) in [6, 6.07) is 8.18. The van der Waals surface area contributed by atoms with Crippen LogP contribution in [0.1, 0.15) is 51.2 Å². The van der Waals surface area contributed by atoms with Crippen molar-refractivity contribution < 1.29 is 9.53 Å². The van der Waals surface area contributed by atoms with E-state index in [0.29, 0.717) is 6.42 Å². The number of benzene rings is 1. The van der Waals surface area contributed by atoms with E-state index in [2.05, 4.69) is 45.0 Å². The van der Waals surface area contributed by atoms with E-state index in [0.717, 1.165) is 30.5 Å². The van der Waals surface area contributed by atoms with Crippen molar-refractivity contribution in [3.63, 3.8) is 0 Å². The molecule has 0 bridgehead atoms. The molecule has 0 spiro atoms. The Balaban J connectivity index is 2.40. The normalized spacial score (nSPS) is 23.3. The molecule has 0 aromatic heterocycles. The maximum atomic E-state index is 12.7. The third-order valence-corrected chi connectivity index (χ3v) is 4.35. The smallest absolute Gasteiger partial charge is 0.168 e. The first-order valence-electron chi connectivity index (χ1n) is 7.81. The van der Waals surface area contributed by atoms with Crippen LogP contribution in [0.3, 0.4) is 0 Å². The minimum Gasteiger partial charge on any atom is -0.352 e. The molecule has 1 heterocycles. The number of hydrogen-bond donors (Lipinski definition) is 0. The van der Waals surface area contributed by atoms with Crippen LogP contribution < -0.4 is 0 Å². The Hall–Kier alpha value is -1.19. The molecule has 3 heteroatoms. The van der Waals surface area contributed by atoms with Crippen molar-refractivity contribution >= 4 is 5.78 Å². The molecule has 0 aliphatic carbocycles. The molecule has 3 nitrogen and oxygen atoms in total. The second-order valence-corrected chi connectivity index (χ2v) is 6.67. The minimum absolute atomic E-state index is 0.194. The molecule has 0 N–H and O–H groups in total. The van der Waals surface area contributed by atoms with Crippen molar-refractivity contribution in [2.75, 3.05) is 20.6 Å². The number of Topliss-reactive ketones (excluding diaryl/α,β-unsaturated/α-hetero) is 1. The number of ketones is 1. The summed E-state index contributed by atoms with van der Waals surface area (Å²) in [5.74, 6) is 0.194. The molecule has 21 heavy (non-hydrogen) atoms. The van der Waals surface area contributed by atoms with Crippen LogP contribution in [0.15, 0.2) is 24.3 Å². The van der Waals surface area contributed by atoms with Crippen molar-refractivity contribution in [3.05, 3.63) is 35.4 Å². The van der Waals surface area contributed by atoms with Crippen molar-refractivity contribution in [1.82, 2.24) is 4.90 Å². The zero-order chi connectivity index (χ0) is 15.7. The minimum atomic E-state index is -0.759. The fraction of sp³-hybridized carbons (Fsp3) is 0.611. The van der Waals surface area contributed by atoms with Gasteiger partial charge in [0.2, 0.25) is 0 Å². The van der Waals surface area contributed by atoms with Gasteiger partial charge in [0.15, 0.2) is 11.4 Å². The lowest BCUT2D eigenvalue weighted by Gasteiger charge is -2.31. The Bertz CT molecular complexity index is 522. The van der Waals surface area contributed by atoms with Crippen LogP contribution in [0.5, 0.6) is 0 Å². The summed E-state index contributed by atoms with van der Waals surface area (Å²) in [5.41, 5.74) is 1.06. The fourth-order valence-electron chi connectivity index (χ4n) is 3.37. The van der Waals surface area contributed by atoms with E-state index in [1.165, 1.54) is 0 Å². The molecule has 0 saturated carbocycles. The number of hydrogen-bond acceptors (Lipinski definition) is 3. The lowest BCUT2D eigenvalue weighted by atomic mass is 9.82. The highest BCUT2D eigenvalue weighted by molar-refractivity contribution is 5.89. The number of fused-ring (bicyclic) bond motifs is 1. The van der Waals surface area contributed by atoms with Crippen LogP contribution in [0.4, 0.5) is 0 Å². The Morgan fingerprint density at radius 1 is 1.19 bits per heavy atom. The molecule has 1 aliphatic heterocycles. The van der Waals surface area contributed by atoms with E-state index in [1.54, 1.807) is 0 Å². The third kappa shape index (κ3) is 2.90. The van der Waals surface area contributed by atoms with Gasteiger partial charge in [0.1, 0.15) is 0 Å². The molecule has 1 unspecified atom stereocenters. The first kappa shape index (κ1) is 16.2. The average Bonchev–Trinajstić information content (AvgIpc) is 2.67. The van der Waals surface area contributed by atoms with Gasteiger partial charge in [-0.15, -0.1) is 0 Å². The molecule has 1 aliphatic rings. The van der Waals surface area contributed by atoms with Crippen molar-refractivity contribution in [2.45, 2.75) is 51.2 Å². The predicted molar refractivity (Wildman–Crippen MR) is 85.3 cm³/mol. The molecule has 0 fully saturated rings. The van der Waals surface area contributed by atoms with Crippen molar-refractivity contribution in [3.8, 4) is 0 Å². The first-order valence-corrected chi connectivity index (χ1v) is 7.81. The molecule has 0 amide bonds. The number of ether oxygens (including phenoxy) is 1. The summed E-state index contributed by atoms with van der Waals surface area (Å²) < 4.78 is 6.37. The third-order valence-electron chi connectivity index (χ3n) is 4.35. The van der Waals surface area contributed by atoms with Crippen LogP contribution in [-0.4, -0.2) is 31.3 Å². The lowest BCUT2D eigenvalue weighted by molar-refractivity contribution is -0.165. The van der Waals surface area contributed by atoms with Crippen LogP contribution >= 0.6 is 0 Å². The molecule has 2 rings (SSSR count). The highest BCUT2D eigenvalue weighted by Gasteiger charge is 2.52. The van der Waals surface area contributed by atoms with Gasteiger partial charge in [-0.25, -0.2) is 0 Å². The van der Waals surface area contributed by atoms with Crippen LogP contribution in [-0.2, 0) is 20.7 Å². The highest BCUT2D eigenvalue weighted by atomic mass is 16.5. The van der Waals surface area contributed by atoms with Gasteiger partial charge in [0, 0.05) is 6.42 Å². The molecule has 1 aromatic carbocycles. The number of carbonyl (C=O) groups is 1. The summed E-state index contributed by atoms with van der Waals surface area (Å²) in [5, 5.41) is 0. The average molecular weight is 289 g/mol. The Morgan fingerprint density at radius 2 is 1.81 bits per heavy atom. The van der Waals surface area contributed by atoms with E-state index < -0.39 is 11.2 Å². The van der Waals surface area contributed by atoms with E-state index >= 15 is 0 Å². The van der Waals surface area contributed by atoms with Gasteiger partial charge in [0.25, 0.3) is 0 Å². The zero-order valence-electron chi connectivity index (χ0n) is 13.9. The Labute approximate surface area is 128 Å². The van der Waals surface area contributed by atoms with E-state index in [1.807, 2.05) is 19.1 Å². The fourth-order valence-corrected chi connectivity index (χ4v) is 3.37. The standard InChI is InChI=1S/C18H27NO2/c1-6-16(20)18(12-9-13-19(4)5)15-11-8-7-10-14(15)17(2,3)21-18/h7-8,10-11H,6,9,12-13H2,1-5H3. The van der Waals surface area contributed by atoms with Gasteiger partial charge >= 0.3 is 0 Å². The maximum Gasteiger partial charge on any atom is 0.168 e. The van der Waals surface area contributed by atoms with Crippen LogP contribution in [0, 0.1) is 0 Å². The quantitative estimate of drug-likeness (QED) is 0.803. The van der Waals surface area contributed by atoms with Crippen LogP contribution in [0.25, 0.3) is 0 Å². The number of rotatable bonds is 6. The van der Waals surface area contributed by atoms with Gasteiger partial charge < -0.3 is 9.64 Å². The summed E-state index contributed by atoms with van der Waals surface area (Å²) in [6.45, 7) is 7.00. The van der Waals surface area contributed by atoms with Gasteiger partial charge in [-0.2, -0.15) is 0 Å². The molecule has 1 aromatic rings. The second-order valence-electron chi connectivity index (χ2n) is 6.67. The Kier molecular flexibility index (Phi) is 4.54. The predicted octanol–water partition coefficient (Wildman–Crippen LogP) is 3.47. The topological polar surface area (TPSA) is 29.5 Å². The van der Waals surface area contributed by atoms with Crippen molar-refractivity contribution in [2.24, 2.45) is 0 Å². The summed E-state index contributed by atoms with van der Waals surface area (Å²) >= 11 is 0. The van der Waals surface area contributed by atoms with Gasteiger partial charge in [-0.05, 0) is 58.5 Å². The van der Waals surface area contributed by atoms with Gasteiger partial charge in [-0.3, -0.25) is 4.79 Å². The number of nitrogens with zero attached hydrogens (tertiary/aromatic N) is 1. The number of carbonyl (C=O) groups excluding carboxylic acids is 1. The molecular weight excluding hydrogens is 262 g/mol. The van der Waals surface area contributed by atoms with Crippen molar-refractivity contribution in [1.29, 1.82) is 0 Å². The first-order chi connectivity index (χ1) is 9.83. The van der Waals surface area contributed by atoms with Crippen LogP contribution in [0.2, 0.25) is 0 Å². The largest absolute Gasteiger partial charge is 0.352 e. The molecular formula is C18H27NO2. The van der Waals surface area contributed by atoms with Gasteiger partial charge in [0.05, 0.1) is 5.60 Å². The summed E-state index contributed by atoms with van der Waals surface area (Å²) in [6.07, 6.45) is 2.20. The summed E-state index contributed by atoms with van der Waals surface area (Å²) in [4.78, 5) is 14.9. The second kappa shape index (κ2) is 5.90. The lowest BCUT2D eigenvalue weighted by Crippen LogP contribution is -2.38. The molecule has 0 radical (unpaired) electrons. The van der Waals surface area contributed by atoms with E-state index in [9.17, 15) is 4.79 Å². The van der Waals surface area contributed by atoms with Gasteiger partial charge in [-0.1, -0.05) is 31.2 Å². The SMILES string of the molecule is CCC(=O)C1(CCCN(C)C)OC(C)(C)c2ccccc21. The van der Waals surface area contributed by atoms with E-state index in [-0.39, 0.29) is 5.78 Å². The summed E-state index contributed by atoms with van der Waals surface area (Å²) in [7, 11) is 4.11. The van der Waals surface area contributed by atoms with E-state index in [4.69, 9.17) is 4.74 Å². The molecule has 116 valence electrons. The monoisotopic (exact) mass is 289 g/mol. The highest BCUT2D eigenvalue weighted by Crippen LogP contribution is 2.50. The maximum absolute atomic E-state index is 12.7. The molecule has 0 saturated heterocycles.